The van der Waals surface area contributed by atoms with Gasteiger partial charge in [-0.25, -0.2) is 17.2 Å². The molecule has 1 heterocycles. The lowest BCUT2D eigenvalue weighted by molar-refractivity contribution is -0.274. The first-order valence-electron chi connectivity index (χ1n) is 13.6. The lowest BCUT2D eigenvalue weighted by Gasteiger charge is -2.39. The summed E-state index contributed by atoms with van der Waals surface area (Å²) in [7, 11) is -4.46. The molecule has 2 amide bonds. The average Bonchev–Trinajstić information content (AvgIpc) is 2.99. The molecule has 45 heavy (non-hydrogen) atoms. The maximum atomic E-state index is 14.0. The molecule has 244 valence electrons. The number of sulfonamides is 1. The zero-order valence-electron chi connectivity index (χ0n) is 24.1. The van der Waals surface area contributed by atoms with Crippen molar-refractivity contribution in [2.45, 2.75) is 49.5 Å². The predicted octanol–water partition coefficient (Wildman–Crippen LogP) is 4.05. The quantitative estimate of drug-likeness (QED) is 0.261. The number of alkyl halides is 5. The summed E-state index contributed by atoms with van der Waals surface area (Å²) in [5.74, 6) is -4.94. The minimum Gasteiger partial charge on any atom is -0.406 e. The molecule has 1 saturated heterocycles. The smallest absolute Gasteiger partial charge is 0.406 e. The Kier molecular flexibility index (Phi) is 11.4. The molecule has 0 saturated carbocycles. The van der Waals surface area contributed by atoms with Gasteiger partial charge < -0.3 is 20.7 Å². The van der Waals surface area contributed by atoms with Crippen molar-refractivity contribution in [1.29, 1.82) is 0 Å². The topological polar surface area (TPSA) is 134 Å². The number of nitrogens with one attached hydrogen (secondary N) is 1. The molecule has 0 aromatic heterocycles. The van der Waals surface area contributed by atoms with Crippen molar-refractivity contribution in [3.63, 3.8) is 0 Å². The van der Waals surface area contributed by atoms with Crippen LogP contribution in [0.3, 0.4) is 0 Å². The van der Waals surface area contributed by atoms with Crippen LogP contribution >= 0.6 is 0 Å². The molecule has 3 rings (SSSR count). The zero-order valence-corrected chi connectivity index (χ0v) is 25.0. The number of rotatable bonds is 12. The van der Waals surface area contributed by atoms with Crippen LogP contribution in [-0.2, 0) is 32.1 Å². The summed E-state index contributed by atoms with van der Waals surface area (Å²) in [5.41, 5.74) is 5.93. The maximum absolute atomic E-state index is 14.0. The summed E-state index contributed by atoms with van der Waals surface area (Å²) >= 11 is 0. The molecule has 0 bridgehead atoms. The number of nitrogens with two attached hydrogens (primary N) is 1. The molecule has 3 N–H and O–H groups in total. The minimum absolute atomic E-state index is 0.113. The number of benzene rings is 2. The van der Waals surface area contributed by atoms with Crippen LogP contribution in [0.5, 0.6) is 5.75 Å². The predicted molar refractivity (Wildman–Crippen MR) is 155 cm³/mol. The molecule has 0 aliphatic carbocycles. The van der Waals surface area contributed by atoms with Crippen LogP contribution in [0.4, 0.5) is 22.0 Å². The number of allylic oxidation sites excluding steroid dienone is 1. The fraction of sp³-hybridized carbons (Fsp3) is 0.345. The minimum atomic E-state index is -4.99. The Labute approximate surface area is 257 Å². The van der Waals surface area contributed by atoms with Gasteiger partial charge in [0.05, 0.1) is 17.0 Å². The average molecular weight is 658 g/mol. The number of nitrogens with zero attached hydrogens (tertiary/aromatic N) is 3. The first kappa shape index (κ1) is 35.2. The number of halogens is 5. The number of carbonyl (C=O) groups is 2. The van der Waals surface area contributed by atoms with E-state index in [1.807, 2.05) is 0 Å². The number of hydrogen-bond acceptors (Lipinski definition) is 7. The molecule has 1 fully saturated rings. The third kappa shape index (κ3) is 9.34. The van der Waals surface area contributed by atoms with E-state index in [0.29, 0.717) is 5.56 Å². The first-order valence-corrected chi connectivity index (χ1v) is 15.0. The van der Waals surface area contributed by atoms with Crippen molar-refractivity contribution in [1.82, 2.24) is 14.5 Å². The van der Waals surface area contributed by atoms with E-state index in [1.165, 1.54) is 54.6 Å². The van der Waals surface area contributed by atoms with Gasteiger partial charge in [0.25, 0.3) is 5.92 Å². The fourth-order valence-corrected chi connectivity index (χ4v) is 6.03. The van der Waals surface area contributed by atoms with Gasteiger partial charge in [0.15, 0.2) is 0 Å². The van der Waals surface area contributed by atoms with Gasteiger partial charge in [0, 0.05) is 44.4 Å². The van der Waals surface area contributed by atoms with E-state index in [-0.39, 0.29) is 43.9 Å². The second-order valence-corrected chi connectivity index (χ2v) is 11.7. The van der Waals surface area contributed by atoms with Crippen molar-refractivity contribution in [3.8, 4) is 5.75 Å². The Morgan fingerprint density at radius 3 is 2.29 bits per heavy atom. The van der Waals surface area contributed by atoms with E-state index in [0.717, 1.165) is 28.6 Å². The second kappa shape index (κ2) is 14.6. The third-order valence-corrected chi connectivity index (χ3v) is 8.74. The van der Waals surface area contributed by atoms with Crippen LogP contribution in [0, 0.1) is 0 Å². The highest BCUT2D eigenvalue weighted by Gasteiger charge is 2.41. The van der Waals surface area contributed by atoms with Gasteiger partial charge >= 0.3 is 6.36 Å². The largest absolute Gasteiger partial charge is 0.573 e. The summed E-state index contributed by atoms with van der Waals surface area (Å²) in [6, 6.07) is 7.29. The summed E-state index contributed by atoms with van der Waals surface area (Å²) in [5, 5.41) is 2.59. The molecule has 16 heteroatoms. The molecule has 0 spiro atoms. The zero-order chi connectivity index (χ0) is 33.4. The molecule has 10 nitrogen and oxygen atoms in total. The van der Waals surface area contributed by atoms with Crippen LogP contribution in [0.25, 0.3) is 0 Å². The molecule has 1 atom stereocenters. The van der Waals surface area contributed by atoms with Gasteiger partial charge in [-0.2, -0.15) is 4.31 Å². The Balaban J connectivity index is 1.86. The van der Waals surface area contributed by atoms with Crippen molar-refractivity contribution >= 4 is 27.5 Å². The summed E-state index contributed by atoms with van der Waals surface area (Å²) in [6.45, 7) is 3.88. The molecule has 0 radical (unpaired) electrons. The molecule has 2 aromatic carbocycles. The van der Waals surface area contributed by atoms with Gasteiger partial charge in [0.2, 0.25) is 21.8 Å². The van der Waals surface area contributed by atoms with Crippen LogP contribution < -0.4 is 15.8 Å². The highest BCUT2D eigenvalue weighted by atomic mass is 32.2. The van der Waals surface area contributed by atoms with Gasteiger partial charge in [-0.3, -0.25) is 14.6 Å². The lowest BCUT2D eigenvalue weighted by Crippen LogP contribution is -2.61. The highest BCUT2D eigenvalue weighted by molar-refractivity contribution is 7.89. The van der Waals surface area contributed by atoms with E-state index >= 15 is 0 Å². The van der Waals surface area contributed by atoms with Gasteiger partial charge in [-0.05, 0) is 42.1 Å². The van der Waals surface area contributed by atoms with Gasteiger partial charge in [-0.1, -0.05) is 37.8 Å². The molecular formula is C29H32F5N5O5S. The molecule has 1 aliphatic rings. The molecule has 1 aliphatic heterocycles. The van der Waals surface area contributed by atoms with Crippen molar-refractivity contribution < 1.29 is 44.7 Å². The van der Waals surface area contributed by atoms with E-state index < -0.39 is 57.2 Å². The Bertz CT molecular complexity index is 1530. The van der Waals surface area contributed by atoms with Gasteiger partial charge in [-0.15, -0.1) is 13.2 Å². The summed E-state index contributed by atoms with van der Waals surface area (Å²) in [4.78, 5) is 31.4. The molecule has 0 unspecified atom stereocenters. The summed E-state index contributed by atoms with van der Waals surface area (Å²) in [6.07, 6.45) is -1.83. The van der Waals surface area contributed by atoms with Crippen molar-refractivity contribution in [2.24, 2.45) is 10.7 Å². The number of carbonyl (C=O) groups excluding carboxylic acids is 2. The highest BCUT2D eigenvalue weighted by Crippen LogP contribution is 2.31. The van der Waals surface area contributed by atoms with Crippen molar-refractivity contribution in [3.05, 3.63) is 84.7 Å². The van der Waals surface area contributed by atoms with Crippen LogP contribution in [0.2, 0.25) is 0 Å². The number of ether oxygens (including phenoxy) is 1. The third-order valence-electron chi connectivity index (χ3n) is 6.82. The van der Waals surface area contributed by atoms with Crippen LogP contribution in [-0.4, -0.2) is 67.2 Å². The summed E-state index contributed by atoms with van der Waals surface area (Å²) < 4.78 is 97.6. The van der Waals surface area contributed by atoms with Crippen LogP contribution in [0.1, 0.15) is 30.9 Å². The maximum Gasteiger partial charge on any atom is 0.573 e. The lowest BCUT2D eigenvalue weighted by atomic mass is 10.0. The van der Waals surface area contributed by atoms with Gasteiger partial charge in [0.1, 0.15) is 11.8 Å². The van der Waals surface area contributed by atoms with E-state index in [1.54, 1.807) is 0 Å². The van der Waals surface area contributed by atoms with Crippen LogP contribution in [0.15, 0.2) is 83.5 Å². The fourth-order valence-electron chi connectivity index (χ4n) is 4.46. The number of hydrogen-bond donors (Lipinski definition) is 2. The van der Waals surface area contributed by atoms with E-state index in [4.69, 9.17) is 5.73 Å². The SMILES string of the molecule is C=C/N=C(\C=C/N)CC(=O)N1CCN(S(=O)(=O)c2ccc(OC(F)(F)F)cc2)[C@@H](C(=O)NCc2ccc(C(F)(F)CC)cc2)C1. The Hall–Kier alpha value is -4.31. The van der Waals surface area contributed by atoms with E-state index in [9.17, 15) is 40.0 Å². The Morgan fingerprint density at radius 1 is 1.09 bits per heavy atom. The first-order chi connectivity index (χ1) is 21.1. The number of amides is 2. The standard InChI is InChI=1S/C29H32F5N5O5S/c1-3-28(30,31)21-7-5-20(6-8-21)18-37-27(41)25-19-38(26(40)17-22(13-14-35)36-4-2)15-16-39(25)45(42,43)24-11-9-23(10-12-24)44-29(32,33)34/h4-14,25H,2-3,15-19,35H2,1H3,(H,37,41)/b14-13-,36-22+/t25-/m1/s1. The Morgan fingerprint density at radius 2 is 1.73 bits per heavy atom. The molecule has 2 aromatic rings. The monoisotopic (exact) mass is 657 g/mol. The number of aliphatic imine (C=N–C) groups is 1. The second-order valence-electron chi connectivity index (χ2n) is 9.80. The molecular weight excluding hydrogens is 625 g/mol. The normalized spacial score (nSPS) is 16.9. The number of piperazine rings is 1. The van der Waals surface area contributed by atoms with Crippen molar-refractivity contribution in [2.75, 3.05) is 19.6 Å². The van der Waals surface area contributed by atoms with E-state index in [2.05, 4.69) is 21.6 Å².